The van der Waals surface area contributed by atoms with Crippen LogP contribution in [0.1, 0.15) is 20.3 Å². The van der Waals surface area contributed by atoms with Gasteiger partial charge in [-0.15, -0.1) is 0 Å². The standard InChI is InChI=1S/C15H18FN3/c1-4-10(2)7-15(17-3)19-11-5-6-12-13(16)9-18-14(12)8-11/h5-9,18H,4H2,1-3H3,(H,17,19)/b10-7-. The van der Waals surface area contributed by atoms with E-state index in [0.717, 1.165) is 23.5 Å². The van der Waals surface area contributed by atoms with Crippen molar-refractivity contribution in [2.75, 3.05) is 12.4 Å². The summed E-state index contributed by atoms with van der Waals surface area (Å²) < 4.78 is 13.3. The van der Waals surface area contributed by atoms with Gasteiger partial charge in [0.2, 0.25) is 0 Å². The number of allylic oxidation sites excluding steroid dienone is 1. The molecule has 2 rings (SSSR count). The Balaban J connectivity index is 2.25. The fourth-order valence-electron chi connectivity index (χ4n) is 1.81. The smallest absolute Gasteiger partial charge is 0.148 e. The third-order valence-corrected chi connectivity index (χ3v) is 3.09. The SMILES string of the molecule is CC/C(C)=C\C(=N/C)Nc1ccc2c(F)c[nH]c2c1. The average Bonchev–Trinajstić information content (AvgIpc) is 2.79. The van der Waals surface area contributed by atoms with E-state index in [2.05, 4.69) is 29.1 Å². The summed E-state index contributed by atoms with van der Waals surface area (Å²) in [6.07, 6.45) is 4.37. The molecule has 19 heavy (non-hydrogen) atoms. The van der Waals surface area contributed by atoms with Crippen molar-refractivity contribution in [2.24, 2.45) is 4.99 Å². The Hall–Kier alpha value is -2.10. The van der Waals surface area contributed by atoms with Crippen LogP contribution in [0.15, 0.2) is 41.0 Å². The number of hydrogen-bond acceptors (Lipinski definition) is 1. The van der Waals surface area contributed by atoms with Gasteiger partial charge in [-0.25, -0.2) is 4.39 Å². The topological polar surface area (TPSA) is 40.2 Å². The molecule has 0 atom stereocenters. The maximum Gasteiger partial charge on any atom is 0.148 e. The summed E-state index contributed by atoms with van der Waals surface area (Å²) in [6.45, 7) is 4.17. The number of aromatic nitrogens is 1. The molecule has 0 aliphatic rings. The van der Waals surface area contributed by atoms with Crippen LogP contribution in [0.25, 0.3) is 10.9 Å². The Kier molecular flexibility index (Phi) is 4.00. The Bertz CT molecular complexity index is 638. The van der Waals surface area contributed by atoms with Gasteiger partial charge in [-0.2, -0.15) is 0 Å². The van der Waals surface area contributed by atoms with Crippen molar-refractivity contribution in [2.45, 2.75) is 20.3 Å². The van der Waals surface area contributed by atoms with Crippen molar-refractivity contribution in [1.29, 1.82) is 0 Å². The molecule has 2 N–H and O–H groups in total. The number of rotatable bonds is 3. The molecule has 3 nitrogen and oxygen atoms in total. The summed E-state index contributed by atoms with van der Waals surface area (Å²) >= 11 is 0. The fraction of sp³-hybridized carbons (Fsp3) is 0.267. The highest BCUT2D eigenvalue weighted by Crippen LogP contribution is 2.21. The Labute approximate surface area is 112 Å². The number of nitrogens with one attached hydrogen (secondary N) is 2. The van der Waals surface area contributed by atoms with E-state index in [0.29, 0.717) is 5.39 Å². The molecule has 2 aromatic rings. The highest BCUT2D eigenvalue weighted by Gasteiger charge is 2.04. The van der Waals surface area contributed by atoms with E-state index in [1.165, 1.54) is 11.8 Å². The van der Waals surface area contributed by atoms with Crippen molar-refractivity contribution < 1.29 is 4.39 Å². The first-order valence-electron chi connectivity index (χ1n) is 6.31. The number of aliphatic imine (C=N–C) groups is 1. The van der Waals surface area contributed by atoms with Gasteiger partial charge >= 0.3 is 0 Å². The van der Waals surface area contributed by atoms with Gasteiger partial charge in [0, 0.05) is 24.3 Å². The summed E-state index contributed by atoms with van der Waals surface area (Å²) in [7, 11) is 1.74. The van der Waals surface area contributed by atoms with Crippen molar-refractivity contribution in [3.8, 4) is 0 Å². The van der Waals surface area contributed by atoms with Crippen LogP contribution in [-0.2, 0) is 0 Å². The predicted molar refractivity (Wildman–Crippen MR) is 79.3 cm³/mol. The molecule has 0 saturated heterocycles. The zero-order valence-electron chi connectivity index (χ0n) is 11.4. The summed E-state index contributed by atoms with van der Waals surface area (Å²) in [5.74, 6) is 0.568. The normalized spacial score (nSPS) is 13.1. The Morgan fingerprint density at radius 2 is 2.26 bits per heavy atom. The maximum absolute atomic E-state index is 13.3. The number of halogens is 1. The van der Waals surface area contributed by atoms with E-state index in [1.807, 2.05) is 18.2 Å². The molecule has 1 aromatic carbocycles. The molecule has 0 radical (unpaired) electrons. The van der Waals surface area contributed by atoms with Gasteiger partial charge in [-0.3, -0.25) is 4.99 Å². The third kappa shape index (κ3) is 3.02. The predicted octanol–water partition coefficient (Wildman–Crippen LogP) is 4.10. The second-order valence-corrected chi connectivity index (χ2v) is 4.48. The molecule has 4 heteroatoms. The van der Waals surface area contributed by atoms with Gasteiger partial charge in [-0.1, -0.05) is 12.5 Å². The van der Waals surface area contributed by atoms with E-state index in [1.54, 1.807) is 13.1 Å². The number of nitrogens with zero attached hydrogens (tertiary/aromatic N) is 1. The third-order valence-electron chi connectivity index (χ3n) is 3.09. The Morgan fingerprint density at radius 1 is 1.47 bits per heavy atom. The molecule has 0 aliphatic carbocycles. The van der Waals surface area contributed by atoms with Crippen LogP contribution in [-0.4, -0.2) is 17.9 Å². The van der Waals surface area contributed by atoms with Crippen molar-refractivity contribution in [1.82, 2.24) is 4.98 Å². The van der Waals surface area contributed by atoms with Crippen LogP contribution < -0.4 is 5.32 Å². The molecule has 0 bridgehead atoms. The largest absolute Gasteiger partial charge is 0.358 e. The number of anilines is 1. The summed E-state index contributed by atoms with van der Waals surface area (Å²) in [5, 5.41) is 3.82. The molecular formula is C15H18FN3. The van der Waals surface area contributed by atoms with Crippen molar-refractivity contribution >= 4 is 22.4 Å². The lowest BCUT2D eigenvalue weighted by molar-refractivity contribution is 0.639. The molecular weight excluding hydrogens is 241 g/mol. The van der Waals surface area contributed by atoms with Crippen molar-refractivity contribution in [3.63, 3.8) is 0 Å². The molecule has 0 spiro atoms. The van der Waals surface area contributed by atoms with Crippen molar-refractivity contribution in [3.05, 3.63) is 41.9 Å². The highest BCUT2D eigenvalue weighted by atomic mass is 19.1. The van der Waals surface area contributed by atoms with Crippen LogP contribution in [0.3, 0.4) is 0 Å². The number of aromatic amines is 1. The lowest BCUT2D eigenvalue weighted by Gasteiger charge is -2.07. The van der Waals surface area contributed by atoms with Crippen LogP contribution >= 0.6 is 0 Å². The first-order chi connectivity index (χ1) is 9.13. The molecule has 0 fully saturated rings. The minimum Gasteiger partial charge on any atom is -0.358 e. The van der Waals surface area contributed by atoms with Gasteiger partial charge in [0.1, 0.15) is 11.7 Å². The van der Waals surface area contributed by atoms with Gasteiger partial charge in [-0.05, 0) is 37.6 Å². The van der Waals surface area contributed by atoms with Gasteiger partial charge in [0.15, 0.2) is 0 Å². The number of fused-ring (bicyclic) bond motifs is 1. The fourth-order valence-corrected chi connectivity index (χ4v) is 1.81. The lowest BCUT2D eigenvalue weighted by atomic mass is 10.2. The van der Waals surface area contributed by atoms with Crippen LogP contribution in [0, 0.1) is 5.82 Å². The molecule has 0 saturated carbocycles. The van der Waals surface area contributed by atoms with E-state index >= 15 is 0 Å². The van der Waals surface area contributed by atoms with Crippen LogP contribution in [0.2, 0.25) is 0 Å². The van der Waals surface area contributed by atoms with E-state index in [-0.39, 0.29) is 5.82 Å². The van der Waals surface area contributed by atoms with Gasteiger partial charge in [0.05, 0.1) is 5.52 Å². The monoisotopic (exact) mass is 259 g/mol. The zero-order chi connectivity index (χ0) is 13.8. The van der Waals surface area contributed by atoms with E-state index < -0.39 is 0 Å². The number of H-pyrrole nitrogens is 1. The minimum atomic E-state index is -0.229. The first-order valence-corrected chi connectivity index (χ1v) is 6.31. The lowest BCUT2D eigenvalue weighted by Crippen LogP contribution is -2.09. The maximum atomic E-state index is 13.3. The van der Waals surface area contributed by atoms with Crippen LogP contribution in [0.5, 0.6) is 0 Å². The summed E-state index contributed by atoms with van der Waals surface area (Å²) in [4.78, 5) is 7.10. The first kappa shape index (κ1) is 13.3. The zero-order valence-corrected chi connectivity index (χ0v) is 11.4. The minimum absolute atomic E-state index is 0.229. The van der Waals surface area contributed by atoms with Gasteiger partial charge in [0.25, 0.3) is 0 Å². The summed E-state index contributed by atoms with van der Waals surface area (Å²) in [6, 6.07) is 5.48. The van der Waals surface area contributed by atoms with E-state index in [4.69, 9.17) is 0 Å². The quantitative estimate of drug-likeness (QED) is 0.632. The molecule has 0 unspecified atom stereocenters. The van der Waals surface area contributed by atoms with Gasteiger partial charge < -0.3 is 10.3 Å². The Morgan fingerprint density at radius 3 is 2.95 bits per heavy atom. The molecule has 1 heterocycles. The molecule has 100 valence electrons. The van der Waals surface area contributed by atoms with Crippen LogP contribution in [0.4, 0.5) is 10.1 Å². The highest BCUT2D eigenvalue weighted by molar-refractivity contribution is 6.04. The number of amidine groups is 1. The second-order valence-electron chi connectivity index (χ2n) is 4.48. The molecule has 1 aromatic heterocycles. The number of hydrogen-bond donors (Lipinski definition) is 2. The van der Waals surface area contributed by atoms with E-state index in [9.17, 15) is 4.39 Å². The molecule has 0 aliphatic heterocycles. The average molecular weight is 259 g/mol. The second kappa shape index (κ2) is 5.69. The summed E-state index contributed by atoms with van der Waals surface area (Å²) in [5.41, 5.74) is 2.91. The molecule has 0 amide bonds. The number of benzene rings is 1.